The molecule has 10 nitrogen and oxygen atoms in total. The number of rotatable bonds is 7. The summed E-state index contributed by atoms with van der Waals surface area (Å²) >= 11 is 0. The first-order valence-corrected chi connectivity index (χ1v) is 12.3. The zero-order valence-corrected chi connectivity index (χ0v) is 20.7. The molecule has 2 aliphatic heterocycles. The number of hydrogen-bond acceptors (Lipinski definition) is 7. The lowest BCUT2D eigenvalue weighted by Crippen LogP contribution is -2.62. The standard InChI is InChI=1S/C27H30N4O6/c1-15-7-3-5-9-18(15)21(32)22(33)24-27(36,23(34)19-10-6-4-8-16(19)2)13-20(37-24)31-14-30(17-11-12-17)25(28)29-26(31)35/h3-10,17,20,22,24,33,36H,11-14H2,1-2H3,(H2,28,29,35)/t20-,22?,24-,27-/m1/s1. The highest BCUT2D eigenvalue weighted by Gasteiger charge is 2.59. The van der Waals surface area contributed by atoms with Gasteiger partial charge < -0.3 is 19.8 Å². The van der Waals surface area contributed by atoms with Crippen molar-refractivity contribution in [1.82, 2.24) is 15.1 Å². The van der Waals surface area contributed by atoms with Crippen molar-refractivity contribution >= 4 is 23.6 Å². The molecule has 2 saturated heterocycles. The molecule has 4 atom stereocenters. The van der Waals surface area contributed by atoms with E-state index >= 15 is 0 Å². The summed E-state index contributed by atoms with van der Waals surface area (Å²) in [6.45, 7) is 3.48. The Bertz CT molecular complexity index is 1280. The van der Waals surface area contributed by atoms with Gasteiger partial charge in [-0.15, -0.1) is 0 Å². The normalized spacial score (nSPS) is 26.7. The summed E-state index contributed by atoms with van der Waals surface area (Å²) in [5, 5.41) is 33.7. The minimum absolute atomic E-state index is 0.0145. The number of Topliss-reactive ketones (excluding diaryl/α,β-unsaturated/α-hetero) is 2. The number of ketones is 2. The van der Waals surface area contributed by atoms with Crippen molar-refractivity contribution in [2.75, 3.05) is 6.67 Å². The SMILES string of the molecule is Cc1ccccc1C(=O)C(O)[C@H]1O[C@@H](N2CN(C3CC3)C(=N)NC2=O)C[C@@]1(O)C(=O)c1ccccc1C. The maximum absolute atomic E-state index is 13.8. The second-order valence-electron chi connectivity index (χ2n) is 10.00. The van der Waals surface area contributed by atoms with E-state index in [1.807, 2.05) is 0 Å². The van der Waals surface area contributed by atoms with Crippen LogP contribution in [0.2, 0.25) is 0 Å². The van der Waals surface area contributed by atoms with Gasteiger partial charge in [0.1, 0.15) is 25.1 Å². The predicted octanol–water partition coefficient (Wildman–Crippen LogP) is 1.96. The molecule has 37 heavy (non-hydrogen) atoms. The lowest BCUT2D eigenvalue weighted by molar-refractivity contribution is -0.105. The Labute approximate surface area is 214 Å². The minimum atomic E-state index is -2.29. The number of carbonyl (C=O) groups excluding carboxylic acids is 3. The van der Waals surface area contributed by atoms with Crippen molar-refractivity contribution in [2.24, 2.45) is 0 Å². The molecule has 0 bridgehead atoms. The Morgan fingerprint density at radius 2 is 1.65 bits per heavy atom. The zero-order valence-electron chi connectivity index (χ0n) is 20.7. The lowest BCUT2D eigenvalue weighted by Gasteiger charge is -2.39. The Hall–Kier alpha value is -3.60. The molecule has 2 heterocycles. The van der Waals surface area contributed by atoms with E-state index in [1.54, 1.807) is 67.3 Å². The van der Waals surface area contributed by atoms with E-state index in [0.717, 1.165) is 12.8 Å². The first-order valence-electron chi connectivity index (χ1n) is 12.3. The van der Waals surface area contributed by atoms with Gasteiger partial charge in [-0.25, -0.2) is 4.79 Å². The molecule has 5 rings (SSSR count). The number of aliphatic hydroxyl groups excluding tert-OH is 1. The van der Waals surface area contributed by atoms with Gasteiger partial charge in [0.2, 0.25) is 5.96 Å². The van der Waals surface area contributed by atoms with Gasteiger partial charge in [0.25, 0.3) is 0 Å². The third kappa shape index (κ3) is 4.41. The second kappa shape index (κ2) is 9.37. The van der Waals surface area contributed by atoms with E-state index in [4.69, 9.17) is 10.1 Å². The van der Waals surface area contributed by atoms with Crippen LogP contribution in [0.3, 0.4) is 0 Å². The number of urea groups is 1. The molecule has 2 aromatic carbocycles. The highest BCUT2D eigenvalue weighted by Crippen LogP contribution is 2.39. The van der Waals surface area contributed by atoms with Crippen LogP contribution < -0.4 is 5.32 Å². The van der Waals surface area contributed by atoms with Crippen LogP contribution in [0.1, 0.15) is 51.1 Å². The van der Waals surface area contributed by atoms with Crippen molar-refractivity contribution in [1.29, 1.82) is 5.41 Å². The summed E-state index contributed by atoms with van der Waals surface area (Å²) < 4.78 is 6.02. The van der Waals surface area contributed by atoms with Gasteiger partial charge >= 0.3 is 6.03 Å². The summed E-state index contributed by atoms with van der Waals surface area (Å²) in [6, 6.07) is 12.9. The van der Waals surface area contributed by atoms with Crippen LogP contribution in [0.25, 0.3) is 0 Å². The fourth-order valence-corrected chi connectivity index (χ4v) is 5.11. The van der Waals surface area contributed by atoms with Crippen molar-refractivity contribution < 1.29 is 29.3 Å². The Morgan fingerprint density at radius 1 is 1.05 bits per heavy atom. The van der Waals surface area contributed by atoms with Crippen LogP contribution >= 0.6 is 0 Å². The molecule has 1 aliphatic carbocycles. The molecule has 0 aromatic heterocycles. The van der Waals surface area contributed by atoms with Gasteiger partial charge in [-0.1, -0.05) is 48.5 Å². The lowest BCUT2D eigenvalue weighted by atomic mass is 9.81. The van der Waals surface area contributed by atoms with Crippen LogP contribution in [0, 0.1) is 19.3 Å². The van der Waals surface area contributed by atoms with Gasteiger partial charge in [0.05, 0.1) is 0 Å². The second-order valence-corrected chi connectivity index (χ2v) is 10.00. The Kier molecular flexibility index (Phi) is 6.35. The molecule has 0 radical (unpaired) electrons. The average molecular weight is 507 g/mol. The largest absolute Gasteiger partial charge is 0.382 e. The molecule has 3 fully saturated rings. The van der Waals surface area contributed by atoms with Crippen molar-refractivity contribution in [2.45, 2.75) is 63.2 Å². The summed E-state index contributed by atoms with van der Waals surface area (Å²) in [4.78, 5) is 42.9. The molecule has 1 unspecified atom stereocenters. The zero-order chi connectivity index (χ0) is 26.5. The molecule has 10 heteroatoms. The number of hydrogen-bond donors (Lipinski definition) is 4. The molecule has 0 spiro atoms. The van der Waals surface area contributed by atoms with Crippen LogP contribution in [-0.2, 0) is 4.74 Å². The summed E-state index contributed by atoms with van der Waals surface area (Å²) in [5.74, 6) is -1.40. The van der Waals surface area contributed by atoms with Crippen LogP contribution in [0.15, 0.2) is 48.5 Å². The quantitative estimate of drug-likeness (QED) is 0.420. The number of ether oxygens (including phenoxy) is 1. The van der Waals surface area contributed by atoms with Crippen molar-refractivity contribution in [3.05, 3.63) is 70.8 Å². The predicted molar refractivity (Wildman–Crippen MR) is 133 cm³/mol. The first kappa shape index (κ1) is 25.1. The molecule has 194 valence electrons. The molecular weight excluding hydrogens is 476 g/mol. The van der Waals surface area contributed by atoms with Crippen molar-refractivity contribution in [3.8, 4) is 0 Å². The Balaban J connectivity index is 1.50. The number of benzene rings is 2. The number of aliphatic hydroxyl groups is 2. The van der Waals surface area contributed by atoms with Gasteiger partial charge in [0.15, 0.2) is 17.2 Å². The van der Waals surface area contributed by atoms with E-state index in [9.17, 15) is 24.6 Å². The number of carbonyl (C=O) groups is 3. The highest BCUT2D eigenvalue weighted by atomic mass is 16.6. The minimum Gasteiger partial charge on any atom is -0.382 e. The Morgan fingerprint density at radius 3 is 2.24 bits per heavy atom. The maximum atomic E-state index is 13.8. The van der Waals surface area contributed by atoms with Crippen LogP contribution in [0.4, 0.5) is 4.79 Å². The van der Waals surface area contributed by atoms with Gasteiger partial charge in [-0.3, -0.25) is 25.2 Å². The number of nitrogens with one attached hydrogen (secondary N) is 2. The summed E-state index contributed by atoms with van der Waals surface area (Å²) in [7, 11) is 0. The number of nitrogens with zero attached hydrogens (tertiary/aromatic N) is 2. The smallest absolute Gasteiger partial charge is 0.327 e. The van der Waals surface area contributed by atoms with Gasteiger partial charge in [0, 0.05) is 23.6 Å². The summed E-state index contributed by atoms with van der Waals surface area (Å²) in [6.07, 6.45) is -3.17. The van der Waals surface area contributed by atoms with Crippen molar-refractivity contribution in [3.63, 3.8) is 0 Å². The molecular formula is C27H30N4O6. The van der Waals surface area contributed by atoms with E-state index in [0.29, 0.717) is 11.1 Å². The fourth-order valence-electron chi connectivity index (χ4n) is 5.11. The van der Waals surface area contributed by atoms with E-state index in [1.165, 1.54) is 4.90 Å². The molecule has 3 aliphatic rings. The third-order valence-corrected chi connectivity index (χ3v) is 7.42. The monoisotopic (exact) mass is 506 g/mol. The number of guanidine groups is 1. The molecule has 1 saturated carbocycles. The van der Waals surface area contributed by atoms with E-state index < -0.39 is 41.6 Å². The third-order valence-electron chi connectivity index (χ3n) is 7.42. The summed E-state index contributed by atoms with van der Waals surface area (Å²) in [5.41, 5.74) is -0.559. The first-order chi connectivity index (χ1) is 17.6. The van der Waals surface area contributed by atoms with Crippen LogP contribution in [0.5, 0.6) is 0 Å². The maximum Gasteiger partial charge on any atom is 0.327 e. The average Bonchev–Trinajstić information content (AvgIpc) is 3.65. The molecule has 4 N–H and O–H groups in total. The molecule has 2 amide bonds. The van der Waals surface area contributed by atoms with E-state index in [-0.39, 0.29) is 36.2 Å². The van der Waals surface area contributed by atoms with Gasteiger partial charge in [-0.05, 0) is 37.8 Å². The topological polar surface area (TPSA) is 143 Å². The van der Waals surface area contributed by atoms with Gasteiger partial charge in [-0.2, -0.15) is 0 Å². The van der Waals surface area contributed by atoms with Crippen LogP contribution in [-0.4, -0.2) is 80.3 Å². The van der Waals surface area contributed by atoms with E-state index in [2.05, 4.69) is 5.32 Å². The number of amides is 2. The highest BCUT2D eigenvalue weighted by molar-refractivity contribution is 6.06. The number of aryl methyl sites for hydroxylation is 2. The molecule has 2 aromatic rings. The fraction of sp³-hybridized carbons (Fsp3) is 0.407.